The minimum atomic E-state index is -5.33. The number of primary amides is 6. The first kappa shape index (κ1) is 71.6. The van der Waals surface area contributed by atoms with Gasteiger partial charge in [-0.2, -0.15) is 0 Å². The zero-order chi connectivity index (χ0) is 66.5. The van der Waals surface area contributed by atoms with Gasteiger partial charge in [-0.25, -0.2) is 4.98 Å². The van der Waals surface area contributed by atoms with Crippen LogP contribution >= 0.6 is 7.82 Å². The Bertz CT molecular complexity index is 3580. The zero-order valence-corrected chi connectivity index (χ0v) is 54.8. The number of rotatable bonds is 27. The third kappa shape index (κ3) is 13.8. The number of ether oxygens (including phenoxy) is 2. The number of nitrogens with two attached hydrogens (primary N) is 6. The van der Waals surface area contributed by atoms with Crippen LogP contribution in [0.2, 0.25) is 0 Å². The van der Waals surface area contributed by atoms with E-state index >= 15 is 0 Å². The van der Waals surface area contributed by atoms with Crippen LogP contribution in [0.4, 0.5) is 0 Å². The molecule has 14 unspecified atom stereocenters. The largest absolute Gasteiger partial charge is 0.756 e. The molecule has 6 aliphatic heterocycles. The van der Waals surface area contributed by atoms with Gasteiger partial charge in [0, 0.05) is 142 Å². The summed E-state index contributed by atoms with van der Waals surface area (Å²) in [5, 5.41) is 24.4. The van der Waals surface area contributed by atoms with Crippen molar-refractivity contribution in [3.8, 4) is 5.75 Å². The molecule has 499 valence electrons. The summed E-state index contributed by atoms with van der Waals surface area (Å²) in [6, 6.07) is 5.00. The molecule has 1 radical (unpaired) electrons. The molecule has 7 amide bonds. The number of hydrogen-bond donors (Lipinski definition) is 9. The predicted octanol–water partition coefficient (Wildman–Crippen LogP) is 2.40. The van der Waals surface area contributed by atoms with Crippen molar-refractivity contribution >= 4 is 83.1 Å². The Morgan fingerprint density at radius 1 is 0.780 bits per heavy atom. The molecule has 0 saturated carbocycles. The fourth-order valence-corrected chi connectivity index (χ4v) is 16.0. The molecule has 1 saturated heterocycles. The van der Waals surface area contributed by atoms with Gasteiger partial charge in [-0.05, 0) is 82.7 Å². The molecule has 2 aromatic rings. The van der Waals surface area contributed by atoms with Crippen molar-refractivity contribution in [1.82, 2.24) is 14.9 Å². The summed E-state index contributed by atoms with van der Waals surface area (Å²) in [7, 11) is -3.84. The van der Waals surface area contributed by atoms with Crippen LogP contribution in [-0.2, 0) is 68.7 Å². The molecule has 14 atom stereocenters. The predicted molar refractivity (Wildman–Crippen MR) is 329 cm³/mol. The fourth-order valence-electron chi connectivity index (χ4n) is 14.9. The number of allylic oxidation sites excluding steroid dienone is 6. The molecule has 1 fully saturated rings. The number of amides is 7. The van der Waals surface area contributed by atoms with E-state index in [2.05, 4.69) is 10.3 Å². The number of fused-ring (bicyclic) bond motifs is 6. The summed E-state index contributed by atoms with van der Waals surface area (Å²) < 4.78 is 37.0. The Morgan fingerprint density at radius 3 is 1.96 bits per heavy atom. The van der Waals surface area contributed by atoms with Crippen LogP contribution in [0.1, 0.15) is 139 Å². The third-order valence-corrected chi connectivity index (χ3v) is 20.9. The second-order valence-electron chi connectivity index (χ2n) is 26.2. The van der Waals surface area contributed by atoms with Gasteiger partial charge >= 0.3 is 0 Å². The molecule has 1 aromatic carbocycles. The van der Waals surface area contributed by atoms with Gasteiger partial charge in [-0.1, -0.05) is 34.6 Å². The summed E-state index contributed by atoms with van der Waals surface area (Å²) >= 11 is 0. The number of aliphatic hydroxyl groups is 2. The number of aromatic nitrogens is 2. The van der Waals surface area contributed by atoms with Gasteiger partial charge in [0.15, 0.2) is 6.23 Å². The standard InChI is InChI=1S/C61H86N13O15P.Co/c1-29(88-90(84,85)89-52-40(27-75)87-56(51(52)83)74-28-69-38-21-32(86-10)11-15-39(38)74)26-68-48(82)19-20-58(6)36(22-45(65)79)55-61(9)60(8,25-47(67)81)35(14-18-44(64)78)50(73-61)31(3)54-59(7,24-46(66)80)33(12-16-42(62)76)37(70-54)23-41-57(4,5)34(13-17-43(63)77)49(71-41)30(2)53(58)72-55;/h11,15,21,23,28-29,33-36,40,51-52,56,75,83H,12-14,16-20,22,24-27H2,1-10H3,(H2,62,76)(H2,63,77)(H2,64,78)(H2,65,79)(H2,66,80)(H2,67,81)(H,68,82)(H,84,85);/p-1. The van der Waals surface area contributed by atoms with Gasteiger partial charge in [0.25, 0.3) is 7.82 Å². The van der Waals surface area contributed by atoms with Gasteiger partial charge in [-0.15, -0.1) is 0 Å². The molecule has 8 bridgehead atoms. The van der Waals surface area contributed by atoms with Crippen molar-refractivity contribution < 1.29 is 88.5 Å². The summed E-state index contributed by atoms with van der Waals surface area (Å²) in [6.07, 6.45) is -5.16. The molecule has 1 aromatic heterocycles. The van der Waals surface area contributed by atoms with E-state index in [9.17, 15) is 53.2 Å². The molecular weight excluding hydrogens is 1240 g/mol. The summed E-state index contributed by atoms with van der Waals surface area (Å²) in [4.78, 5) is 133. The monoisotopic (exact) mass is 1330 g/mol. The number of nitrogens with zero attached hydrogens (tertiary/aromatic N) is 6. The smallest absolute Gasteiger partial charge is 0.268 e. The number of aliphatic imine (C=N–C) groups is 4. The first-order chi connectivity index (χ1) is 42.0. The van der Waals surface area contributed by atoms with Crippen molar-refractivity contribution in [3.63, 3.8) is 0 Å². The van der Waals surface area contributed by atoms with Gasteiger partial charge < -0.3 is 77.9 Å². The van der Waals surface area contributed by atoms with Crippen LogP contribution in [0.3, 0.4) is 0 Å². The van der Waals surface area contributed by atoms with Crippen LogP contribution in [0.15, 0.2) is 78.8 Å². The van der Waals surface area contributed by atoms with Crippen molar-refractivity contribution in [1.29, 1.82) is 0 Å². The number of phosphoric ester groups is 1. The summed E-state index contributed by atoms with van der Waals surface area (Å²) in [5.74, 6) is -7.10. The molecule has 30 heteroatoms. The number of methoxy groups -OCH3 is 1. The first-order valence-corrected chi connectivity index (χ1v) is 31.5. The summed E-state index contributed by atoms with van der Waals surface area (Å²) in [5.41, 5.74) is 34.4. The van der Waals surface area contributed by atoms with E-state index in [1.165, 1.54) is 24.9 Å². The molecule has 91 heavy (non-hydrogen) atoms. The van der Waals surface area contributed by atoms with Crippen LogP contribution < -0.4 is 49.3 Å². The Balaban J connectivity index is 0.0000118. The number of imidazole rings is 1. The molecule has 15 N–H and O–H groups in total. The van der Waals surface area contributed by atoms with E-state index in [1.807, 2.05) is 33.8 Å². The number of carbonyl (C=O) groups excluding carboxylic acids is 7. The van der Waals surface area contributed by atoms with Crippen LogP contribution in [0, 0.1) is 45.3 Å². The number of aliphatic hydroxyl groups excluding tert-OH is 2. The van der Waals surface area contributed by atoms with E-state index in [-0.39, 0.29) is 99.7 Å². The Kier molecular flexibility index (Phi) is 21.3. The molecule has 0 spiro atoms. The zero-order valence-electron chi connectivity index (χ0n) is 52.9. The minimum absolute atomic E-state index is 0. The normalized spacial score (nSPS) is 30.8. The van der Waals surface area contributed by atoms with E-state index in [4.69, 9.17) is 72.9 Å². The number of nitrogens with one attached hydrogen (secondary N) is 1. The Labute approximate surface area is 537 Å². The molecule has 0 aliphatic carbocycles. The molecule has 28 nitrogen and oxygen atoms in total. The van der Waals surface area contributed by atoms with Gasteiger partial charge in [-0.3, -0.25) is 58.1 Å². The number of hydrogen-bond acceptors (Lipinski definition) is 20. The number of benzene rings is 1. The molecule has 7 heterocycles. The quantitative estimate of drug-likeness (QED) is 0.0580. The average molecular weight is 1330 g/mol. The average Bonchev–Trinajstić information content (AvgIpc) is 1.53. The second-order valence-corrected chi connectivity index (χ2v) is 27.5. The van der Waals surface area contributed by atoms with Gasteiger partial charge in [0.1, 0.15) is 29.6 Å². The van der Waals surface area contributed by atoms with E-state index in [1.54, 1.807) is 45.9 Å². The van der Waals surface area contributed by atoms with Crippen molar-refractivity contribution in [3.05, 3.63) is 58.8 Å². The van der Waals surface area contributed by atoms with Gasteiger partial charge in [0.2, 0.25) is 41.4 Å². The molecular formula is C61H85CoN13O15P-. The molecule has 6 aliphatic rings. The minimum Gasteiger partial charge on any atom is -0.756 e. The van der Waals surface area contributed by atoms with Crippen molar-refractivity contribution in [2.75, 3.05) is 20.3 Å². The van der Waals surface area contributed by atoms with E-state index in [0.717, 1.165) is 0 Å². The Morgan fingerprint density at radius 2 is 1.37 bits per heavy atom. The maximum atomic E-state index is 14.3. The maximum absolute atomic E-state index is 14.3. The van der Waals surface area contributed by atoms with Crippen LogP contribution in [-0.4, -0.2) is 134 Å². The van der Waals surface area contributed by atoms with Gasteiger partial charge in [0.05, 0.1) is 54.3 Å². The number of phosphoric acid groups is 1. The summed E-state index contributed by atoms with van der Waals surface area (Å²) in [6.45, 7) is 14.9. The van der Waals surface area contributed by atoms with Crippen molar-refractivity contribution in [2.45, 2.75) is 169 Å². The third-order valence-electron chi connectivity index (χ3n) is 19.8. The maximum Gasteiger partial charge on any atom is 0.268 e. The second kappa shape index (κ2) is 27.0. The number of carbonyl (C=O) groups is 7. The van der Waals surface area contributed by atoms with Crippen LogP contribution in [0.25, 0.3) is 11.0 Å². The van der Waals surface area contributed by atoms with Crippen LogP contribution in [0.5, 0.6) is 5.75 Å². The molecule has 8 rings (SSSR count). The topological polar surface area (TPSA) is 472 Å². The SMILES string of the molecule is COc1ccc2c(c1)ncn2C1OC(CO)C(OP(=O)([O-])OC(C)CNC(=O)CCC2(C)C3=C(C)C4=NC(=CC5=NC(=C(C)C6=NC(C)(C(=N3)C2CC(N)=O)C(C)(CC(N)=O)C6CCC(N)=O)C(C)(CC(N)=O)C5CCC(N)=O)C(C)(C)C4CCC(N)=O)C1O.[Co]. The van der Waals surface area contributed by atoms with E-state index < -0.39 is 137 Å². The Hall–Kier alpha value is -6.82. The van der Waals surface area contributed by atoms with Crippen molar-refractivity contribution in [2.24, 2.45) is 99.7 Å². The van der Waals surface area contributed by atoms with E-state index in [0.29, 0.717) is 62.2 Å². The fraction of sp³-hybridized carbons (Fsp3) is 0.607. The first-order valence-electron chi connectivity index (χ1n) is 30.1.